The molecule has 0 atom stereocenters. The van der Waals surface area contributed by atoms with Gasteiger partial charge in [-0.25, -0.2) is 4.79 Å². The summed E-state index contributed by atoms with van der Waals surface area (Å²) in [6, 6.07) is 0. The molecule has 0 radical (unpaired) electrons. The van der Waals surface area contributed by atoms with Crippen molar-refractivity contribution in [3.05, 3.63) is 0 Å². The zero-order chi connectivity index (χ0) is 28.5. The third-order valence-corrected chi connectivity index (χ3v) is 5.05. The zero-order valence-corrected chi connectivity index (χ0v) is 23.9. The third kappa shape index (κ3) is 34.6. The maximum Gasteiger partial charge on any atom is 0.329 e. The molecule has 0 saturated carbocycles. The summed E-state index contributed by atoms with van der Waals surface area (Å²) in [5.74, 6) is -1.15. The second kappa shape index (κ2) is 32.8. The van der Waals surface area contributed by atoms with Crippen LogP contribution in [-0.4, -0.2) is 129 Å². The molecule has 0 aliphatic carbocycles. The molecule has 0 amide bonds. The molecule has 0 aromatic carbocycles. The van der Waals surface area contributed by atoms with Crippen LogP contribution >= 0.6 is 0 Å². The number of carbonyl (C=O) groups is 2. The predicted octanol–water partition coefficient (Wildman–Crippen LogP) is 2.50. The van der Waals surface area contributed by atoms with Crippen molar-refractivity contribution in [2.45, 2.75) is 51.9 Å². The van der Waals surface area contributed by atoms with Gasteiger partial charge in [-0.2, -0.15) is 0 Å². The van der Waals surface area contributed by atoms with Crippen molar-refractivity contribution in [2.24, 2.45) is 0 Å². The minimum absolute atomic E-state index is 0.150. The molecule has 12 nitrogen and oxygen atoms in total. The molecule has 0 bridgehead atoms. The molecule has 12 heteroatoms. The van der Waals surface area contributed by atoms with Crippen LogP contribution in [0.3, 0.4) is 0 Å². The van der Waals surface area contributed by atoms with Crippen LogP contribution in [0.1, 0.15) is 51.9 Å². The van der Waals surface area contributed by atoms with E-state index in [4.69, 9.17) is 47.7 Å². The van der Waals surface area contributed by atoms with Crippen molar-refractivity contribution in [1.29, 1.82) is 0 Å². The molecular formula is C27H52O12. The number of carboxylic acid groups (broad SMARTS) is 1. The maximum atomic E-state index is 11.6. The van der Waals surface area contributed by atoms with Gasteiger partial charge in [0.1, 0.15) is 13.2 Å². The molecular weight excluding hydrogens is 516 g/mol. The lowest BCUT2D eigenvalue weighted by Gasteiger charge is -2.09. The highest BCUT2D eigenvalue weighted by atomic mass is 16.6. The Bertz CT molecular complexity index is 521. The van der Waals surface area contributed by atoms with Crippen molar-refractivity contribution >= 4 is 11.9 Å². The molecule has 39 heavy (non-hydrogen) atoms. The number of carbonyl (C=O) groups excluding carboxylic acids is 1. The summed E-state index contributed by atoms with van der Waals surface area (Å²) in [5.41, 5.74) is 0. The fraction of sp³-hybridized carbons (Fsp3) is 0.926. The van der Waals surface area contributed by atoms with Crippen molar-refractivity contribution in [2.75, 3.05) is 112 Å². The van der Waals surface area contributed by atoms with Crippen LogP contribution in [0.25, 0.3) is 0 Å². The van der Waals surface area contributed by atoms with Crippen molar-refractivity contribution < 1.29 is 57.3 Å². The molecule has 0 aliphatic heterocycles. The van der Waals surface area contributed by atoms with E-state index < -0.39 is 5.97 Å². The number of hydrogen-bond acceptors (Lipinski definition) is 11. The number of rotatable bonds is 33. The zero-order valence-electron chi connectivity index (χ0n) is 23.9. The monoisotopic (exact) mass is 568 g/mol. The van der Waals surface area contributed by atoms with Gasteiger partial charge in [0.15, 0.2) is 0 Å². The minimum atomic E-state index is -0.996. The molecule has 0 aliphatic rings. The largest absolute Gasteiger partial charge is 0.480 e. The SMILES string of the molecule is CCCCCCCCC(=O)OCCOCCOCCOCCOCCOCCOCCOCCOCC(=O)O. The highest BCUT2D eigenvalue weighted by Crippen LogP contribution is 2.07. The number of unbranched alkanes of at least 4 members (excludes halogenated alkanes) is 5. The van der Waals surface area contributed by atoms with Gasteiger partial charge in [0, 0.05) is 6.42 Å². The van der Waals surface area contributed by atoms with E-state index in [0.717, 1.165) is 12.8 Å². The van der Waals surface area contributed by atoms with Gasteiger partial charge in [0.2, 0.25) is 0 Å². The minimum Gasteiger partial charge on any atom is -0.480 e. The molecule has 0 rings (SSSR count). The summed E-state index contributed by atoms with van der Waals surface area (Å²) in [5, 5.41) is 8.41. The quantitative estimate of drug-likeness (QED) is 0.0919. The van der Waals surface area contributed by atoms with E-state index in [1.54, 1.807) is 0 Å². The molecule has 0 heterocycles. The van der Waals surface area contributed by atoms with E-state index in [-0.39, 0.29) is 25.8 Å². The van der Waals surface area contributed by atoms with E-state index in [1.165, 1.54) is 25.7 Å². The molecule has 0 spiro atoms. The number of esters is 1. The number of carboxylic acids is 1. The Morgan fingerprint density at radius 1 is 0.462 bits per heavy atom. The van der Waals surface area contributed by atoms with Crippen LogP contribution in [0.4, 0.5) is 0 Å². The Labute approximate surface area is 233 Å². The van der Waals surface area contributed by atoms with E-state index in [9.17, 15) is 9.59 Å². The first-order valence-electron chi connectivity index (χ1n) is 14.2. The smallest absolute Gasteiger partial charge is 0.329 e. The Morgan fingerprint density at radius 3 is 1.18 bits per heavy atom. The summed E-state index contributed by atoms with van der Waals surface area (Å²) < 4.78 is 47.7. The summed E-state index contributed by atoms with van der Waals surface area (Å²) in [4.78, 5) is 21.9. The second-order valence-electron chi connectivity index (χ2n) is 8.47. The van der Waals surface area contributed by atoms with Crippen LogP contribution in [0, 0.1) is 0 Å². The Morgan fingerprint density at radius 2 is 0.795 bits per heavy atom. The van der Waals surface area contributed by atoms with Gasteiger partial charge >= 0.3 is 11.9 Å². The Hall–Kier alpha value is -1.38. The Balaban J connectivity index is 3.10. The summed E-state index contributed by atoms with van der Waals surface area (Å²) >= 11 is 0. The van der Waals surface area contributed by atoms with Crippen molar-refractivity contribution in [1.82, 2.24) is 0 Å². The molecule has 0 unspecified atom stereocenters. The lowest BCUT2D eigenvalue weighted by atomic mass is 10.1. The molecule has 0 aromatic heterocycles. The summed E-state index contributed by atoms with van der Waals surface area (Å²) in [7, 11) is 0. The number of ether oxygens (including phenoxy) is 9. The molecule has 232 valence electrons. The van der Waals surface area contributed by atoms with Crippen LogP contribution in [-0.2, 0) is 52.2 Å². The first-order chi connectivity index (χ1) is 19.2. The Kier molecular flexibility index (Phi) is 31.7. The number of hydrogen-bond donors (Lipinski definition) is 1. The highest BCUT2D eigenvalue weighted by molar-refractivity contribution is 5.69. The first-order valence-corrected chi connectivity index (χ1v) is 14.2. The van der Waals surface area contributed by atoms with Gasteiger partial charge in [-0.15, -0.1) is 0 Å². The van der Waals surface area contributed by atoms with Gasteiger partial charge in [-0.3, -0.25) is 4.79 Å². The van der Waals surface area contributed by atoms with E-state index in [1.807, 2.05) is 0 Å². The summed E-state index contributed by atoms with van der Waals surface area (Å²) in [6.07, 6.45) is 7.40. The number of aliphatic carboxylic acids is 1. The third-order valence-electron chi connectivity index (χ3n) is 5.05. The molecule has 1 N–H and O–H groups in total. The first kappa shape index (κ1) is 37.6. The summed E-state index contributed by atoms with van der Waals surface area (Å²) in [6.45, 7) is 8.65. The van der Waals surface area contributed by atoms with Gasteiger partial charge in [0.25, 0.3) is 0 Å². The van der Waals surface area contributed by atoms with Crippen LogP contribution in [0.5, 0.6) is 0 Å². The fourth-order valence-corrected chi connectivity index (χ4v) is 3.04. The predicted molar refractivity (Wildman–Crippen MR) is 143 cm³/mol. The second-order valence-corrected chi connectivity index (χ2v) is 8.47. The van der Waals surface area contributed by atoms with Gasteiger partial charge in [0.05, 0.1) is 99.1 Å². The van der Waals surface area contributed by atoms with E-state index in [0.29, 0.717) is 98.9 Å². The lowest BCUT2D eigenvalue weighted by Crippen LogP contribution is -2.15. The average molecular weight is 569 g/mol. The molecule has 0 fully saturated rings. The van der Waals surface area contributed by atoms with Crippen LogP contribution in [0.15, 0.2) is 0 Å². The molecule has 0 saturated heterocycles. The van der Waals surface area contributed by atoms with E-state index >= 15 is 0 Å². The standard InChI is InChI=1S/C27H52O12/c1-2-3-4-5-6-7-8-27(30)39-24-23-37-20-19-35-16-15-33-12-11-31-9-10-32-13-14-34-17-18-36-21-22-38-25-26(28)29/h2-25H2,1H3,(H,28,29). The van der Waals surface area contributed by atoms with Crippen LogP contribution in [0.2, 0.25) is 0 Å². The lowest BCUT2D eigenvalue weighted by molar-refractivity contribution is -0.145. The fourth-order valence-electron chi connectivity index (χ4n) is 3.04. The van der Waals surface area contributed by atoms with Crippen molar-refractivity contribution in [3.63, 3.8) is 0 Å². The highest BCUT2D eigenvalue weighted by Gasteiger charge is 2.02. The normalized spacial score (nSPS) is 11.2. The van der Waals surface area contributed by atoms with Crippen molar-refractivity contribution in [3.8, 4) is 0 Å². The van der Waals surface area contributed by atoms with Gasteiger partial charge in [-0.05, 0) is 6.42 Å². The van der Waals surface area contributed by atoms with Gasteiger partial charge < -0.3 is 47.7 Å². The van der Waals surface area contributed by atoms with Gasteiger partial charge in [-0.1, -0.05) is 39.0 Å². The molecule has 0 aromatic rings. The van der Waals surface area contributed by atoms with E-state index in [2.05, 4.69) is 6.92 Å². The maximum absolute atomic E-state index is 11.6. The average Bonchev–Trinajstić information content (AvgIpc) is 2.92. The van der Waals surface area contributed by atoms with Crippen LogP contribution < -0.4 is 0 Å². The topological polar surface area (TPSA) is 137 Å².